The smallest absolute Gasteiger partial charge is 0.253 e. The Morgan fingerprint density at radius 2 is 1.94 bits per heavy atom. The Morgan fingerprint density at radius 3 is 2.47 bits per heavy atom. The second kappa shape index (κ2) is 7.45. The van der Waals surface area contributed by atoms with Crippen LogP contribution in [-0.4, -0.2) is 37.1 Å². The monoisotopic (exact) mass is 299 g/mol. The summed E-state index contributed by atoms with van der Waals surface area (Å²) in [6.45, 7) is 6.54. The molecule has 0 spiro atoms. The van der Waals surface area contributed by atoms with E-state index in [1.54, 1.807) is 4.90 Å². The highest BCUT2D eigenvalue weighted by Crippen LogP contribution is 2.12. The average molecular weight is 300 g/mol. The van der Waals surface area contributed by atoms with E-state index >= 15 is 0 Å². The number of ether oxygens (including phenoxy) is 1. The highest BCUT2D eigenvalue weighted by molar-refractivity contribution is 9.10. The lowest BCUT2D eigenvalue weighted by Gasteiger charge is -2.20. The number of carbonyl (C=O) groups is 1. The maximum atomic E-state index is 12.1. The Balaban J connectivity index is 2.62. The number of carbonyl (C=O) groups excluding carboxylic acids is 1. The summed E-state index contributed by atoms with van der Waals surface area (Å²) in [5, 5.41) is 0. The lowest BCUT2D eigenvalue weighted by atomic mass is 10.2. The van der Waals surface area contributed by atoms with Gasteiger partial charge in [-0.05, 0) is 38.1 Å². The third-order valence-corrected chi connectivity index (χ3v) is 3.00. The highest BCUT2D eigenvalue weighted by Gasteiger charge is 2.13. The lowest BCUT2D eigenvalue weighted by Crippen LogP contribution is -2.33. The van der Waals surface area contributed by atoms with Crippen molar-refractivity contribution in [1.82, 2.24) is 4.90 Å². The van der Waals surface area contributed by atoms with E-state index in [0.717, 1.165) is 4.47 Å². The van der Waals surface area contributed by atoms with Gasteiger partial charge >= 0.3 is 0 Å². The standard InChI is InChI=1S/C13H18BrNO2/c1-3-15(9-10-17-4-2)13(16)11-5-7-12(14)8-6-11/h5-8H,3-4,9-10H2,1-2H3. The number of likely N-dealkylation sites (N-methyl/N-ethyl adjacent to an activating group) is 1. The van der Waals surface area contributed by atoms with E-state index in [4.69, 9.17) is 4.74 Å². The van der Waals surface area contributed by atoms with Crippen LogP contribution in [0.2, 0.25) is 0 Å². The van der Waals surface area contributed by atoms with E-state index in [9.17, 15) is 4.79 Å². The Labute approximate surface area is 111 Å². The molecule has 0 bridgehead atoms. The zero-order chi connectivity index (χ0) is 12.7. The van der Waals surface area contributed by atoms with Crippen molar-refractivity contribution in [3.8, 4) is 0 Å². The van der Waals surface area contributed by atoms with Crippen LogP contribution in [0.5, 0.6) is 0 Å². The molecule has 94 valence electrons. The van der Waals surface area contributed by atoms with E-state index in [2.05, 4.69) is 15.9 Å². The molecule has 0 saturated carbocycles. The van der Waals surface area contributed by atoms with Gasteiger partial charge in [0, 0.05) is 29.7 Å². The molecule has 0 saturated heterocycles. The second-order valence-corrected chi connectivity index (χ2v) is 4.50. The Bertz CT molecular complexity index is 351. The van der Waals surface area contributed by atoms with E-state index in [-0.39, 0.29) is 5.91 Å². The molecule has 0 radical (unpaired) electrons. The zero-order valence-corrected chi connectivity index (χ0v) is 11.9. The van der Waals surface area contributed by atoms with Gasteiger partial charge in [0.15, 0.2) is 0 Å². The molecule has 0 heterocycles. The van der Waals surface area contributed by atoms with Crippen molar-refractivity contribution >= 4 is 21.8 Å². The van der Waals surface area contributed by atoms with Crippen LogP contribution in [0.15, 0.2) is 28.7 Å². The number of benzene rings is 1. The summed E-state index contributed by atoms with van der Waals surface area (Å²) in [5.41, 5.74) is 0.714. The summed E-state index contributed by atoms with van der Waals surface area (Å²) in [5.74, 6) is 0.0553. The first-order valence-corrected chi connectivity index (χ1v) is 6.61. The van der Waals surface area contributed by atoms with E-state index < -0.39 is 0 Å². The lowest BCUT2D eigenvalue weighted by molar-refractivity contribution is 0.0669. The van der Waals surface area contributed by atoms with Gasteiger partial charge in [0.1, 0.15) is 0 Å². The Hall–Kier alpha value is -0.870. The van der Waals surface area contributed by atoms with E-state index in [1.165, 1.54) is 0 Å². The molecular weight excluding hydrogens is 282 g/mol. The van der Waals surface area contributed by atoms with Crippen molar-refractivity contribution in [2.45, 2.75) is 13.8 Å². The minimum absolute atomic E-state index is 0.0553. The first kappa shape index (κ1) is 14.2. The van der Waals surface area contributed by atoms with Crippen LogP contribution in [-0.2, 0) is 4.74 Å². The third-order valence-electron chi connectivity index (χ3n) is 2.47. The molecule has 1 amide bonds. The van der Waals surface area contributed by atoms with Crippen molar-refractivity contribution in [3.05, 3.63) is 34.3 Å². The van der Waals surface area contributed by atoms with Crippen molar-refractivity contribution < 1.29 is 9.53 Å². The minimum atomic E-state index is 0.0553. The van der Waals surface area contributed by atoms with Crippen molar-refractivity contribution in [2.75, 3.05) is 26.3 Å². The zero-order valence-electron chi connectivity index (χ0n) is 10.3. The van der Waals surface area contributed by atoms with Crippen molar-refractivity contribution in [2.24, 2.45) is 0 Å². The summed E-state index contributed by atoms with van der Waals surface area (Å²) in [6.07, 6.45) is 0. The fourth-order valence-corrected chi connectivity index (χ4v) is 1.76. The summed E-state index contributed by atoms with van der Waals surface area (Å²) in [6, 6.07) is 7.42. The fourth-order valence-electron chi connectivity index (χ4n) is 1.50. The molecule has 0 aliphatic rings. The van der Waals surface area contributed by atoms with Gasteiger partial charge in [-0.1, -0.05) is 15.9 Å². The van der Waals surface area contributed by atoms with Crippen molar-refractivity contribution in [3.63, 3.8) is 0 Å². The van der Waals surface area contributed by atoms with Gasteiger partial charge in [0.2, 0.25) is 0 Å². The molecule has 1 aromatic rings. The predicted molar refractivity (Wildman–Crippen MR) is 72.2 cm³/mol. The number of nitrogens with zero attached hydrogens (tertiary/aromatic N) is 1. The van der Waals surface area contributed by atoms with Gasteiger partial charge in [0.25, 0.3) is 5.91 Å². The SMILES string of the molecule is CCOCCN(CC)C(=O)c1ccc(Br)cc1. The topological polar surface area (TPSA) is 29.5 Å². The van der Waals surface area contributed by atoms with Crippen LogP contribution in [0, 0.1) is 0 Å². The first-order valence-electron chi connectivity index (χ1n) is 5.81. The first-order chi connectivity index (χ1) is 8.19. The molecule has 0 atom stereocenters. The maximum Gasteiger partial charge on any atom is 0.253 e. The van der Waals surface area contributed by atoms with Crippen LogP contribution < -0.4 is 0 Å². The Morgan fingerprint density at radius 1 is 1.29 bits per heavy atom. The molecule has 0 aliphatic carbocycles. The highest BCUT2D eigenvalue weighted by atomic mass is 79.9. The van der Waals surface area contributed by atoms with Crippen LogP contribution in [0.4, 0.5) is 0 Å². The molecule has 0 unspecified atom stereocenters. The maximum absolute atomic E-state index is 12.1. The van der Waals surface area contributed by atoms with Gasteiger partial charge in [-0.3, -0.25) is 4.79 Å². The number of hydrogen-bond donors (Lipinski definition) is 0. The molecular formula is C13H18BrNO2. The quantitative estimate of drug-likeness (QED) is 0.756. The van der Waals surface area contributed by atoms with Gasteiger partial charge in [-0.15, -0.1) is 0 Å². The van der Waals surface area contributed by atoms with Gasteiger partial charge in [-0.25, -0.2) is 0 Å². The van der Waals surface area contributed by atoms with Gasteiger partial charge < -0.3 is 9.64 Å². The summed E-state index contributed by atoms with van der Waals surface area (Å²) in [7, 11) is 0. The summed E-state index contributed by atoms with van der Waals surface area (Å²) in [4.78, 5) is 13.9. The number of rotatable bonds is 6. The van der Waals surface area contributed by atoms with Crippen molar-refractivity contribution in [1.29, 1.82) is 0 Å². The van der Waals surface area contributed by atoms with Gasteiger partial charge in [0.05, 0.1) is 6.61 Å². The molecule has 0 fully saturated rings. The van der Waals surface area contributed by atoms with Crippen LogP contribution in [0.25, 0.3) is 0 Å². The normalized spacial score (nSPS) is 10.3. The van der Waals surface area contributed by atoms with E-state index in [1.807, 2.05) is 38.1 Å². The molecule has 1 aromatic carbocycles. The molecule has 17 heavy (non-hydrogen) atoms. The molecule has 0 aromatic heterocycles. The summed E-state index contributed by atoms with van der Waals surface area (Å²) >= 11 is 3.36. The Kier molecular flexibility index (Phi) is 6.22. The minimum Gasteiger partial charge on any atom is -0.380 e. The number of amides is 1. The molecule has 0 N–H and O–H groups in total. The van der Waals surface area contributed by atoms with Crippen LogP contribution in [0.1, 0.15) is 24.2 Å². The molecule has 0 aliphatic heterocycles. The molecule has 1 rings (SSSR count). The summed E-state index contributed by atoms with van der Waals surface area (Å²) < 4.78 is 6.25. The van der Waals surface area contributed by atoms with E-state index in [0.29, 0.717) is 31.9 Å². The predicted octanol–water partition coefficient (Wildman–Crippen LogP) is 2.95. The number of halogens is 1. The number of hydrogen-bond acceptors (Lipinski definition) is 2. The third kappa shape index (κ3) is 4.48. The average Bonchev–Trinajstić information content (AvgIpc) is 2.35. The molecule has 3 nitrogen and oxygen atoms in total. The van der Waals surface area contributed by atoms with Gasteiger partial charge in [-0.2, -0.15) is 0 Å². The van der Waals surface area contributed by atoms with Crippen LogP contribution >= 0.6 is 15.9 Å². The second-order valence-electron chi connectivity index (χ2n) is 3.59. The molecule has 4 heteroatoms. The largest absolute Gasteiger partial charge is 0.380 e. The fraction of sp³-hybridized carbons (Fsp3) is 0.462. The van der Waals surface area contributed by atoms with Crippen LogP contribution in [0.3, 0.4) is 0 Å².